The average Bonchev–Trinajstić information content (AvgIpc) is 2.49. The fraction of sp³-hybridized carbons (Fsp3) is 0.625. The molecule has 0 bridgehead atoms. The Bertz CT molecular complexity index is 493. The van der Waals surface area contributed by atoms with Crippen molar-refractivity contribution in [1.29, 1.82) is 0 Å². The van der Waals surface area contributed by atoms with Crippen LogP contribution in [0.1, 0.15) is 33.6 Å². The van der Waals surface area contributed by atoms with Gasteiger partial charge in [0.2, 0.25) is 0 Å². The number of halogens is 1. The predicted octanol–water partition coefficient (Wildman–Crippen LogP) is 4.28. The third-order valence-corrected chi connectivity index (χ3v) is 3.75. The average molecular weight is 372 g/mol. The molecule has 0 radical (unpaired) electrons. The highest BCUT2D eigenvalue weighted by atomic mass is 79.9. The summed E-state index contributed by atoms with van der Waals surface area (Å²) in [4.78, 5) is 10.8. The molecule has 0 saturated heterocycles. The molecule has 0 amide bonds. The molecular weight excluding hydrogens is 346 g/mol. The Kier molecular flexibility index (Phi) is 8.24. The molecule has 0 unspecified atom stereocenters. The van der Waals surface area contributed by atoms with Gasteiger partial charge in [-0.25, -0.2) is 9.98 Å². The quantitative estimate of drug-likeness (QED) is 0.281. The molecular formula is C16H26BrN3O2. The van der Waals surface area contributed by atoms with Crippen LogP contribution in [0.25, 0.3) is 0 Å². The highest BCUT2D eigenvalue weighted by Crippen LogP contribution is 2.34. The maximum atomic E-state index is 5.73. The molecule has 1 aromatic heterocycles. The van der Waals surface area contributed by atoms with Crippen LogP contribution in [-0.2, 0) is 0 Å². The number of hydrogen-bond donors (Lipinski definition) is 0. The number of nitrogens with zero attached hydrogens (tertiary/aromatic N) is 3. The Hall–Kier alpha value is -1.30. The van der Waals surface area contributed by atoms with E-state index >= 15 is 0 Å². The number of hydrogen-bond acceptors (Lipinski definition) is 4. The second-order valence-electron chi connectivity index (χ2n) is 5.51. The van der Waals surface area contributed by atoms with Gasteiger partial charge in [-0.05, 0) is 41.6 Å². The summed E-state index contributed by atoms with van der Waals surface area (Å²) in [5.74, 6) is 1.78. The van der Waals surface area contributed by atoms with E-state index in [2.05, 4.69) is 46.7 Å². The van der Waals surface area contributed by atoms with E-state index in [-0.39, 0.29) is 0 Å². The van der Waals surface area contributed by atoms with E-state index in [0.717, 1.165) is 19.4 Å². The fourth-order valence-electron chi connectivity index (χ4n) is 1.69. The monoisotopic (exact) mass is 371 g/mol. The van der Waals surface area contributed by atoms with Gasteiger partial charge in [-0.2, -0.15) is 0 Å². The number of methoxy groups -OCH3 is 1. The molecule has 0 aliphatic carbocycles. The van der Waals surface area contributed by atoms with E-state index in [1.165, 1.54) is 0 Å². The van der Waals surface area contributed by atoms with Gasteiger partial charge in [0.25, 0.3) is 5.88 Å². The second-order valence-corrected chi connectivity index (χ2v) is 6.26. The van der Waals surface area contributed by atoms with Crippen molar-refractivity contribution in [1.82, 2.24) is 9.88 Å². The Balaban J connectivity index is 2.79. The minimum Gasteiger partial charge on any atom is -0.491 e. The van der Waals surface area contributed by atoms with E-state index < -0.39 is 0 Å². The van der Waals surface area contributed by atoms with Gasteiger partial charge in [-0.1, -0.05) is 13.8 Å². The Morgan fingerprint density at radius 1 is 1.45 bits per heavy atom. The minimum atomic E-state index is 0.501. The summed E-state index contributed by atoms with van der Waals surface area (Å²) < 4.78 is 11.7. The standard InChI is InChI=1S/C16H26BrN3O2/c1-6-20(4)11-18-13-10-14(21-5)16(19-15(13)17)22-9-7-8-12(2)3/h10-12H,6-9H2,1-5H3. The van der Waals surface area contributed by atoms with Crippen molar-refractivity contribution in [3.05, 3.63) is 10.7 Å². The summed E-state index contributed by atoms with van der Waals surface area (Å²) in [7, 11) is 3.58. The van der Waals surface area contributed by atoms with Crippen LogP contribution in [0.15, 0.2) is 15.7 Å². The number of pyridine rings is 1. The summed E-state index contributed by atoms with van der Waals surface area (Å²) >= 11 is 3.44. The third-order valence-electron chi connectivity index (χ3n) is 3.17. The summed E-state index contributed by atoms with van der Waals surface area (Å²) in [6.07, 6.45) is 3.90. The number of ether oxygens (including phenoxy) is 2. The molecule has 0 fully saturated rings. The van der Waals surface area contributed by atoms with Crippen LogP contribution in [0.3, 0.4) is 0 Å². The van der Waals surface area contributed by atoms with E-state index in [9.17, 15) is 0 Å². The Morgan fingerprint density at radius 2 is 2.18 bits per heavy atom. The minimum absolute atomic E-state index is 0.501. The first-order valence-corrected chi connectivity index (χ1v) is 8.39. The molecule has 0 N–H and O–H groups in total. The van der Waals surface area contributed by atoms with Crippen molar-refractivity contribution < 1.29 is 9.47 Å². The maximum Gasteiger partial charge on any atom is 0.258 e. The molecule has 5 nitrogen and oxygen atoms in total. The maximum absolute atomic E-state index is 5.73. The lowest BCUT2D eigenvalue weighted by Crippen LogP contribution is -2.14. The molecule has 1 heterocycles. The zero-order valence-corrected chi connectivity index (χ0v) is 15.7. The van der Waals surface area contributed by atoms with Gasteiger partial charge in [0.15, 0.2) is 5.75 Å². The topological polar surface area (TPSA) is 47.0 Å². The molecule has 0 spiro atoms. The highest BCUT2D eigenvalue weighted by molar-refractivity contribution is 9.10. The van der Waals surface area contributed by atoms with Crippen LogP contribution in [0.2, 0.25) is 0 Å². The third kappa shape index (κ3) is 6.22. The SMILES string of the molecule is CCN(C)C=Nc1cc(OC)c(OCCCC(C)C)nc1Br. The van der Waals surface area contributed by atoms with Crippen molar-refractivity contribution in [3.8, 4) is 11.6 Å². The molecule has 0 atom stereocenters. The molecule has 0 aromatic carbocycles. The van der Waals surface area contributed by atoms with Gasteiger partial charge in [0.1, 0.15) is 10.3 Å². The Labute approximate surface area is 141 Å². The van der Waals surface area contributed by atoms with E-state index in [1.54, 1.807) is 13.4 Å². The van der Waals surface area contributed by atoms with Gasteiger partial charge in [0.05, 0.1) is 20.1 Å². The van der Waals surface area contributed by atoms with Crippen LogP contribution in [0.5, 0.6) is 11.6 Å². The Morgan fingerprint density at radius 3 is 2.77 bits per heavy atom. The van der Waals surface area contributed by atoms with Crippen molar-refractivity contribution in [3.63, 3.8) is 0 Å². The zero-order chi connectivity index (χ0) is 16.5. The second kappa shape index (κ2) is 9.66. The van der Waals surface area contributed by atoms with Crippen LogP contribution >= 0.6 is 15.9 Å². The number of rotatable bonds is 9. The van der Waals surface area contributed by atoms with Crippen LogP contribution in [-0.4, -0.2) is 43.5 Å². The zero-order valence-electron chi connectivity index (χ0n) is 14.1. The van der Waals surface area contributed by atoms with Crippen LogP contribution in [0.4, 0.5) is 5.69 Å². The van der Waals surface area contributed by atoms with E-state index in [4.69, 9.17) is 9.47 Å². The van der Waals surface area contributed by atoms with Gasteiger partial charge in [0, 0.05) is 19.7 Å². The molecule has 0 aliphatic heterocycles. The smallest absolute Gasteiger partial charge is 0.258 e. The number of aromatic nitrogens is 1. The normalized spacial score (nSPS) is 11.2. The molecule has 0 saturated carbocycles. The van der Waals surface area contributed by atoms with Crippen LogP contribution < -0.4 is 9.47 Å². The van der Waals surface area contributed by atoms with E-state index in [1.807, 2.05) is 18.0 Å². The van der Waals surface area contributed by atoms with Gasteiger partial charge >= 0.3 is 0 Å². The van der Waals surface area contributed by atoms with Crippen molar-refractivity contribution in [2.24, 2.45) is 10.9 Å². The predicted molar refractivity (Wildman–Crippen MR) is 94.5 cm³/mol. The first kappa shape index (κ1) is 18.7. The van der Waals surface area contributed by atoms with Crippen molar-refractivity contribution in [2.75, 3.05) is 27.3 Å². The molecule has 1 aromatic rings. The molecule has 6 heteroatoms. The van der Waals surface area contributed by atoms with Crippen LogP contribution in [0, 0.1) is 5.92 Å². The first-order valence-electron chi connectivity index (χ1n) is 7.59. The molecule has 0 aliphatic rings. The summed E-state index contributed by atoms with van der Waals surface area (Å²) in [5, 5.41) is 0. The fourth-order valence-corrected chi connectivity index (χ4v) is 2.07. The molecule has 22 heavy (non-hydrogen) atoms. The largest absolute Gasteiger partial charge is 0.491 e. The summed E-state index contributed by atoms with van der Waals surface area (Å²) in [5.41, 5.74) is 0.715. The number of aliphatic imine (C=N–C) groups is 1. The highest BCUT2D eigenvalue weighted by Gasteiger charge is 2.12. The first-order chi connectivity index (χ1) is 10.5. The van der Waals surface area contributed by atoms with Crippen molar-refractivity contribution >= 4 is 28.0 Å². The van der Waals surface area contributed by atoms with Crippen molar-refractivity contribution in [2.45, 2.75) is 33.6 Å². The molecule has 1 rings (SSSR count). The summed E-state index contributed by atoms with van der Waals surface area (Å²) in [6, 6.07) is 1.83. The van der Waals surface area contributed by atoms with Gasteiger partial charge < -0.3 is 14.4 Å². The lowest BCUT2D eigenvalue weighted by molar-refractivity contribution is 0.268. The summed E-state index contributed by atoms with van der Waals surface area (Å²) in [6.45, 7) is 8.00. The lowest BCUT2D eigenvalue weighted by atomic mass is 10.1. The van der Waals surface area contributed by atoms with E-state index in [0.29, 0.717) is 34.4 Å². The van der Waals surface area contributed by atoms with Gasteiger partial charge in [-0.3, -0.25) is 0 Å². The lowest BCUT2D eigenvalue weighted by Gasteiger charge is -2.12. The van der Waals surface area contributed by atoms with Gasteiger partial charge in [-0.15, -0.1) is 0 Å². The molecule has 124 valence electrons.